The Hall–Kier alpha value is -3.21. The van der Waals surface area contributed by atoms with Crippen molar-refractivity contribution in [2.24, 2.45) is 0 Å². The van der Waals surface area contributed by atoms with Crippen molar-refractivity contribution in [3.63, 3.8) is 0 Å². The third-order valence-electron chi connectivity index (χ3n) is 4.29. The second-order valence-electron chi connectivity index (χ2n) is 5.92. The molecule has 0 bridgehead atoms. The molecule has 3 aromatic rings. The van der Waals surface area contributed by atoms with Gasteiger partial charge < -0.3 is 10.2 Å². The summed E-state index contributed by atoms with van der Waals surface area (Å²) in [6, 6.07) is 19.5. The molecule has 4 rings (SSSR count). The second kappa shape index (κ2) is 6.73. The minimum Gasteiger partial charge on any atom is -0.345 e. The molecule has 0 unspecified atom stereocenters. The summed E-state index contributed by atoms with van der Waals surface area (Å²) >= 11 is 0. The summed E-state index contributed by atoms with van der Waals surface area (Å²) in [4.78, 5) is 23.3. The molecule has 0 fully saturated rings. The number of nitrogens with one attached hydrogen (secondary N) is 1. The molecule has 2 aromatic heterocycles. The van der Waals surface area contributed by atoms with Crippen LogP contribution >= 0.6 is 0 Å². The van der Waals surface area contributed by atoms with Crippen LogP contribution in [-0.2, 0) is 13.0 Å². The molecule has 0 aliphatic carbocycles. The van der Waals surface area contributed by atoms with Crippen LogP contribution in [0.3, 0.4) is 0 Å². The van der Waals surface area contributed by atoms with E-state index in [2.05, 4.69) is 38.4 Å². The maximum Gasteiger partial charge on any atom is 0.270 e. The van der Waals surface area contributed by atoms with Gasteiger partial charge in [0.1, 0.15) is 11.5 Å². The van der Waals surface area contributed by atoms with Crippen molar-refractivity contribution in [3.05, 3.63) is 83.8 Å². The third kappa shape index (κ3) is 3.21. The highest BCUT2D eigenvalue weighted by molar-refractivity contribution is 5.92. The summed E-state index contributed by atoms with van der Waals surface area (Å²) in [5.41, 5.74) is 3.72. The minimum atomic E-state index is -0.194. The van der Waals surface area contributed by atoms with Gasteiger partial charge in [0.2, 0.25) is 0 Å². The summed E-state index contributed by atoms with van der Waals surface area (Å²) in [7, 11) is 0. The van der Waals surface area contributed by atoms with Gasteiger partial charge in [0.25, 0.3) is 5.91 Å². The zero-order chi connectivity index (χ0) is 17.1. The van der Waals surface area contributed by atoms with Gasteiger partial charge in [0.15, 0.2) is 0 Å². The minimum absolute atomic E-state index is 0.194. The predicted octanol–water partition coefficient (Wildman–Crippen LogP) is 3.10. The SMILES string of the molecule is O=C(NCc1ccccn1)c1cccc(N2CCc3ccccc32)n1. The molecule has 1 amide bonds. The molecule has 1 N–H and O–H groups in total. The van der Waals surface area contributed by atoms with Crippen molar-refractivity contribution in [1.29, 1.82) is 0 Å². The van der Waals surface area contributed by atoms with Crippen LogP contribution in [-0.4, -0.2) is 22.4 Å². The molecule has 0 radical (unpaired) electrons. The Balaban J connectivity index is 1.51. The van der Waals surface area contributed by atoms with E-state index in [1.807, 2.05) is 36.4 Å². The number of anilines is 2. The molecular formula is C20H18N4O. The summed E-state index contributed by atoms with van der Waals surface area (Å²) in [6.07, 6.45) is 2.71. The van der Waals surface area contributed by atoms with E-state index in [-0.39, 0.29) is 5.91 Å². The third-order valence-corrected chi connectivity index (χ3v) is 4.29. The maximum atomic E-state index is 12.4. The zero-order valence-corrected chi connectivity index (χ0v) is 13.7. The Morgan fingerprint density at radius 1 is 1.04 bits per heavy atom. The van der Waals surface area contributed by atoms with Crippen LogP contribution in [0.5, 0.6) is 0 Å². The monoisotopic (exact) mass is 330 g/mol. The largest absolute Gasteiger partial charge is 0.345 e. The number of carbonyl (C=O) groups excluding carboxylic acids is 1. The number of hydrogen-bond donors (Lipinski definition) is 1. The smallest absolute Gasteiger partial charge is 0.270 e. The molecule has 3 heterocycles. The Morgan fingerprint density at radius 3 is 2.80 bits per heavy atom. The summed E-state index contributed by atoms with van der Waals surface area (Å²) in [6.45, 7) is 1.27. The fraction of sp³-hybridized carbons (Fsp3) is 0.150. The molecule has 1 aromatic carbocycles. The van der Waals surface area contributed by atoms with Gasteiger partial charge in [-0.1, -0.05) is 30.3 Å². The van der Waals surface area contributed by atoms with Gasteiger partial charge in [0.05, 0.1) is 12.2 Å². The van der Waals surface area contributed by atoms with Gasteiger partial charge in [0, 0.05) is 18.4 Å². The van der Waals surface area contributed by atoms with Crippen LogP contribution in [0.1, 0.15) is 21.7 Å². The van der Waals surface area contributed by atoms with Gasteiger partial charge in [-0.25, -0.2) is 4.98 Å². The number of para-hydroxylation sites is 1. The highest BCUT2D eigenvalue weighted by Gasteiger charge is 2.21. The molecule has 0 saturated heterocycles. The van der Waals surface area contributed by atoms with Crippen molar-refractivity contribution in [3.8, 4) is 0 Å². The molecule has 5 heteroatoms. The van der Waals surface area contributed by atoms with Crippen molar-refractivity contribution in [2.75, 3.05) is 11.4 Å². The fourth-order valence-corrected chi connectivity index (χ4v) is 3.04. The van der Waals surface area contributed by atoms with Crippen LogP contribution < -0.4 is 10.2 Å². The molecule has 0 saturated carbocycles. The van der Waals surface area contributed by atoms with Gasteiger partial charge >= 0.3 is 0 Å². The molecule has 5 nitrogen and oxygen atoms in total. The van der Waals surface area contributed by atoms with E-state index in [0.29, 0.717) is 12.2 Å². The Morgan fingerprint density at radius 2 is 1.92 bits per heavy atom. The van der Waals surface area contributed by atoms with E-state index < -0.39 is 0 Å². The molecule has 25 heavy (non-hydrogen) atoms. The number of carbonyl (C=O) groups is 1. The average Bonchev–Trinajstić information content (AvgIpc) is 3.11. The lowest BCUT2D eigenvalue weighted by molar-refractivity contribution is 0.0945. The predicted molar refractivity (Wildman–Crippen MR) is 96.8 cm³/mol. The van der Waals surface area contributed by atoms with Gasteiger partial charge in [-0.15, -0.1) is 0 Å². The number of rotatable bonds is 4. The van der Waals surface area contributed by atoms with Gasteiger partial charge in [-0.3, -0.25) is 9.78 Å². The standard InChI is InChI=1S/C20H18N4O/c25-20(22-14-16-7-3-4-12-21-16)17-8-5-10-19(23-17)24-13-11-15-6-1-2-9-18(15)24/h1-10,12H,11,13-14H2,(H,22,25). The quantitative estimate of drug-likeness (QED) is 0.798. The Labute approximate surface area is 146 Å². The van der Waals surface area contributed by atoms with Gasteiger partial charge in [-0.2, -0.15) is 0 Å². The first-order chi connectivity index (χ1) is 12.3. The molecule has 1 aliphatic heterocycles. The van der Waals surface area contributed by atoms with Crippen LogP contribution in [0.25, 0.3) is 0 Å². The van der Waals surface area contributed by atoms with Crippen LogP contribution in [0, 0.1) is 0 Å². The first-order valence-corrected chi connectivity index (χ1v) is 8.32. The number of hydrogen-bond acceptors (Lipinski definition) is 4. The topological polar surface area (TPSA) is 58.1 Å². The molecule has 124 valence electrons. The zero-order valence-electron chi connectivity index (χ0n) is 13.7. The lowest BCUT2D eigenvalue weighted by atomic mass is 10.2. The van der Waals surface area contributed by atoms with E-state index in [1.165, 1.54) is 11.3 Å². The Kier molecular flexibility index (Phi) is 4.12. The van der Waals surface area contributed by atoms with Crippen LogP contribution in [0.4, 0.5) is 11.5 Å². The normalized spacial score (nSPS) is 12.7. The number of nitrogens with zero attached hydrogens (tertiary/aromatic N) is 3. The first kappa shape index (κ1) is 15.3. The van der Waals surface area contributed by atoms with Gasteiger partial charge in [-0.05, 0) is 42.3 Å². The molecule has 1 aliphatic rings. The summed E-state index contributed by atoms with van der Waals surface area (Å²) in [5.74, 6) is 0.607. The van der Waals surface area contributed by atoms with E-state index in [4.69, 9.17) is 0 Å². The van der Waals surface area contributed by atoms with E-state index >= 15 is 0 Å². The Bertz CT molecular complexity index is 895. The first-order valence-electron chi connectivity index (χ1n) is 8.32. The lowest BCUT2D eigenvalue weighted by Crippen LogP contribution is -2.25. The fourth-order valence-electron chi connectivity index (χ4n) is 3.04. The van der Waals surface area contributed by atoms with Crippen molar-refractivity contribution in [1.82, 2.24) is 15.3 Å². The summed E-state index contributed by atoms with van der Waals surface area (Å²) in [5, 5.41) is 2.87. The van der Waals surface area contributed by atoms with Crippen molar-refractivity contribution >= 4 is 17.4 Å². The average molecular weight is 330 g/mol. The highest BCUT2D eigenvalue weighted by atomic mass is 16.1. The van der Waals surface area contributed by atoms with E-state index in [0.717, 1.165) is 24.5 Å². The van der Waals surface area contributed by atoms with Crippen molar-refractivity contribution in [2.45, 2.75) is 13.0 Å². The second-order valence-corrected chi connectivity index (χ2v) is 5.92. The highest BCUT2D eigenvalue weighted by Crippen LogP contribution is 2.33. The lowest BCUT2D eigenvalue weighted by Gasteiger charge is -2.18. The van der Waals surface area contributed by atoms with Crippen LogP contribution in [0.15, 0.2) is 66.9 Å². The van der Waals surface area contributed by atoms with Crippen LogP contribution in [0.2, 0.25) is 0 Å². The molecular weight excluding hydrogens is 312 g/mol. The number of pyridine rings is 2. The number of aromatic nitrogens is 2. The van der Waals surface area contributed by atoms with E-state index in [1.54, 1.807) is 12.3 Å². The maximum absolute atomic E-state index is 12.4. The van der Waals surface area contributed by atoms with Crippen molar-refractivity contribution < 1.29 is 4.79 Å². The molecule has 0 spiro atoms. The number of benzene rings is 1. The van der Waals surface area contributed by atoms with E-state index in [9.17, 15) is 4.79 Å². The number of fused-ring (bicyclic) bond motifs is 1. The number of amides is 1. The summed E-state index contributed by atoms with van der Waals surface area (Å²) < 4.78 is 0. The molecule has 0 atom stereocenters.